The van der Waals surface area contributed by atoms with Crippen LogP contribution in [-0.4, -0.2) is 26.5 Å². The minimum atomic E-state index is -4.74. The molecule has 0 radical (unpaired) electrons. The van der Waals surface area contributed by atoms with Crippen molar-refractivity contribution >= 4 is 35.0 Å². The van der Waals surface area contributed by atoms with E-state index in [1.165, 1.54) is 12.1 Å². The topological polar surface area (TPSA) is 85.8 Å². The van der Waals surface area contributed by atoms with Crippen LogP contribution < -0.4 is 11.2 Å². The molecule has 23 heavy (non-hydrogen) atoms. The summed E-state index contributed by atoms with van der Waals surface area (Å²) in [5.74, 6) is 2.38. The van der Waals surface area contributed by atoms with Crippen LogP contribution in [0.4, 0.5) is 23.2 Å². The molecule has 2 aromatic rings. The van der Waals surface area contributed by atoms with Gasteiger partial charge in [-0.15, -0.1) is 10.2 Å². The highest BCUT2D eigenvalue weighted by molar-refractivity contribution is 7.99. The first-order chi connectivity index (χ1) is 10.7. The number of halogens is 5. The average molecular weight is 370 g/mol. The smallest absolute Gasteiger partial charge is 0.335 e. The molecule has 1 amide bonds. The summed E-state index contributed by atoms with van der Waals surface area (Å²) in [5, 5.41) is 8.15. The van der Waals surface area contributed by atoms with Crippen molar-refractivity contribution in [3.63, 3.8) is 0 Å². The molecular weight excluding hydrogens is 362 g/mol. The molecule has 0 bridgehead atoms. The fourth-order valence-corrected chi connectivity index (χ4v) is 2.31. The second-order valence-corrected chi connectivity index (χ2v) is 5.49. The average Bonchev–Trinajstić information content (AvgIpc) is 2.82. The Morgan fingerprint density at radius 2 is 2.09 bits per heavy atom. The molecular formula is C11H8ClF4N5OS. The van der Waals surface area contributed by atoms with Crippen molar-refractivity contribution in [1.29, 1.82) is 0 Å². The monoisotopic (exact) mass is 369 g/mol. The molecule has 0 aliphatic heterocycles. The molecule has 124 valence electrons. The Bertz CT molecular complexity index is 736. The first kappa shape index (κ1) is 17.3. The molecule has 0 atom stereocenters. The number of nitrogens with one attached hydrogen (secondary N) is 1. The predicted octanol–water partition coefficient (Wildman–Crippen LogP) is 2.53. The van der Waals surface area contributed by atoms with Crippen LogP contribution >= 0.6 is 23.4 Å². The Kier molecular flexibility index (Phi) is 5.00. The van der Waals surface area contributed by atoms with E-state index in [-0.39, 0.29) is 26.3 Å². The van der Waals surface area contributed by atoms with Gasteiger partial charge in [-0.3, -0.25) is 4.79 Å². The molecule has 1 aromatic heterocycles. The molecule has 0 aliphatic carbocycles. The quantitative estimate of drug-likeness (QED) is 0.491. The van der Waals surface area contributed by atoms with Crippen LogP contribution in [0, 0.1) is 5.82 Å². The van der Waals surface area contributed by atoms with Crippen LogP contribution in [0.3, 0.4) is 0 Å². The third-order valence-corrected chi connectivity index (χ3v) is 3.69. The highest BCUT2D eigenvalue weighted by Crippen LogP contribution is 2.28. The zero-order valence-corrected chi connectivity index (χ0v) is 12.6. The van der Waals surface area contributed by atoms with Gasteiger partial charge in [0, 0.05) is 5.69 Å². The van der Waals surface area contributed by atoms with E-state index < -0.39 is 23.7 Å². The third-order valence-electron chi connectivity index (χ3n) is 2.45. The Hall–Kier alpha value is -2.01. The number of amides is 1. The van der Waals surface area contributed by atoms with Crippen molar-refractivity contribution in [1.82, 2.24) is 14.9 Å². The summed E-state index contributed by atoms with van der Waals surface area (Å²) >= 11 is 6.22. The normalized spacial score (nSPS) is 11.5. The number of rotatable bonds is 4. The molecule has 0 spiro atoms. The largest absolute Gasteiger partial charge is 0.453 e. The van der Waals surface area contributed by atoms with Gasteiger partial charge in [-0.25, -0.2) is 9.07 Å². The first-order valence-electron chi connectivity index (χ1n) is 5.84. The van der Waals surface area contributed by atoms with Crippen LogP contribution in [0.25, 0.3) is 0 Å². The zero-order valence-electron chi connectivity index (χ0n) is 11.1. The lowest BCUT2D eigenvalue weighted by atomic mass is 10.3. The Balaban J connectivity index is 1.97. The van der Waals surface area contributed by atoms with Crippen molar-refractivity contribution in [2.45, 2.75) is 11.3 Å². The van der Waals surface area contributed by atoms with Gasteiger partial charge in [0.05, 0.1) is 10.8 Å². The van der Waals surface area contributed by atoms with Gasteiger partial charge in [-0.1, -0.05) is 23.4 Å². The molecule has 0 saturated heterocycles. The Morgan fingerprint density at radius 1 is 1.39 bits per heavy atom. The van der Waals surface area contributed by atoms with E-state index in [1.54, 1.807) is 0 Å². The maximum atomic E-state index is 13.0. The number of hydrogen-bond donors (Lipinski definition) is 2. The van der Waals surface area contributed by atoms with E-state index >= 15 is 0 Å². The number of nitrogen functional groups attached to an aromatic ring is 1. The van der Waals surface area contributed by atoms with E-state index in [1.807, 2.05) is 0 Å². The van der Waals surface area contributed by atoms with Gasteiger partial charge < -0.3 is 11.2 Å². The lowest BCUT2D eigenvalue weighted by molar-refractivity contribution is -0.146. The van der Waals surface area contributed by atoms with Crippen LogP contribution in [0.1, 0.15) is 5.82 Å². The second kappa shape index (κ2) is 6.62. The molecule has 2 rings (SSSR count). The van der Waals surface area contributed by atoms with Crippen molar-refractivity contribution in [2.24, 2.45) is 0 Å². The van der Waals surface area contributed by atoms with Gasteiger partial charge in [0.15, 0.2) is 0 Å². The molecule has 1 aromatic carbocycles. The molecule has 0 fully saturated rings. The van der Waals surface area contributed by atoms with E-state index in [0.29, 0.717) is 11.8 Å². The molecule has 0 saturated carbocycles. The number of nitrogens with zero attached hydrogens (tertiary/aromatic N) is 3. The molecule has 0 unspecified atom stereocenters. The van der Waals surface area contributed by atoms with Crippen LogP contribution in [0.2, 0.25) is 5.02 Å². The summed E-state index contributed by atoms with van der Waals surface area (Å²) in [5.41, 5.74) is 0.243. The number of benzene rings is 1. The second-order valence-electron chi connectivity index (χ2n) is 4.14. The minimum Gasteiger partial charge on any atom is -0.335 e. The minimum absolute atomic E-state index is 0.174. The molecule has 6 nitrogen and oxygen atoms in total. The lowest BCUT2D eigenvalue weighted by Gasteiger charge is -2.07. The number of nitrogens with two attached hydrogens (primary N) is 1. The summed E-state index contributed by atoms with van der Waals surface area (Å²) in [4.78, 5) is 11.7. The van der Waals surface area contributed by atoms with Crippen LogP contribution in [0.5, 0.6) is 0 Å². The van der Waals surface area contributed by atoms with E-state index in [4.69, 9.17) is 17.4 Å². The molecule has 12 heteroatoms. The number of hydrogen-bond acceptors (Lipinski definition) is 5. The summed E-state index contributed by atoms with van der Waals surface area (Å²) in [6.45, 7) is 0. The number of aromatic nitrogens is 3. The van der Waals surface area contributed by atoms with E-state index in [2.05, 4.69) is 15.5 Å². The SMILES string of the molecule is Nn1c(SCC(=O)Nc2ccc(F)c(Cl)c2)nnc1C(F)(F)F. The highest BCUT2D eigenvalue weighted by atomic mass is 35.5. The standard InChI is InChI=1S/C11H8ClF4N5OS/c12-6-3-5(1-2-7(6)13)18-8(22)4-23-10-20-19-9(21(10)17)11(14,15)16/h1-3H,4,17H2,(H,18,22). The van der Waals surface area contributed by atoms with E-state index in [0.717, 1.165) is 6.07 Å². The summed E-state index contributed by atoms with van der Waals surface area (Å²) in [7, 11) is 0. The van der Waals surface area contributed by atoms with Gasteiger partial charge in [0.25, 0.3) is 5.82 Å². The third kappa shape index (κ3) is 4.26. The van der Waals surface area contributed by atoms with Crippen molar-refractivity contribution in [2.75, 3.05) is 16.9 Å². The molecule has 0 aliphatic rings. The van der Waals surface area contributed by atoms with Gasteiger partial charge in [0.2, 0.25) is 11.1 Å². The van der Waals surface area contributed by atoms with Crippen molar-refractivity contribution in [3.05, 3.63) is 34.9 Å². The number of anilines is 1. The van der Waals surface area contributed by atoms with Crippen LogP contribution in [-0.2, 0) is 11.0 Å². The fourth-order valence-electron chi connectivity index (χ4n) is 1.47. The van der Waals surface area contributed by atoms with Gasteiger partial charge in [0.1, 0.15) is 5.82 Å². The lowest BCUT2D eigenvalue weighted by Crippen LogP contribution is -2.22. The Labute approximate surface area is 136 Å². The number of thioether (sulfide) groups is 1. The van der Waals surface area contributed by atoms with Gasteiger partial charge >= 0.3 is 6.18 Å². The Morgan fingerprint density at radius 3 is 2.65 bits per heavy atom. The van der Waals surface area contributed by atoms with E-state index in [9.17, 15) is 22.4 Å². The summed E-state index contributed by atoms with van der Waals surface area (Å²) < 4.78 is 50.7. The predicted molar refractivity (Wildman–Crippen MR) is 75.9 cm³/mol. The van der Waals surface area contributed by atoms with Crippen LogP contribution in [0.15, 0.2) is 23.4 Å². The van der Waals surface area contributed by atoms with Gasteiger partial charge in [-0.2, -0.15) is 13.2 Å². The maximum Gasteiger partial charge on any atom is 0.453 e. The summed E-state index contributed by atoms with van der Waals surface area (Å²) in [6.07, 6.45) is -4.74. The molecule has 1 heterocycles. The fraction of sp³-hybridized carbons (Fsp3) is 0.182. The van der Waals surface area contributed by atoms with Gasteiger partial charge in [-0.05, 0) is 18.2 Å². The number of carbonyl (C=O) groups is 1. The summed E-state index contributed by atoms with van der Waals surface area (Å²) in [6, 6.07) is 3.56. The first-order valence-corrected chi connectivity index (χ1v) is 7.20. The highest BCUT2D eigenvalue weighted by Gasteiger charge is 2.38. The zero-order chi connectivity index (χ0) is 17.2. The number of alkyl halides is 3. The number of carbonyl (C=O) groups excluding carboxylic acids is 1. The van der Waals surface area contributed by atoms with Crippen molar-refractivity contribution < 1.29 is 22.4 Å². The molecule has 3 N–H and O–H groups in total. The maximum absolute atomic E-state index is 13.0. The van der Waals surface area contributed by atoms with Crippen molar-refractivity contribution in [3.8, 4) is 0 Å².